The lowest BCUT2D eigenvalue weighted by atomic mass is 9.90. The first-order valence-corrected chi connectivity index (χ1v) is 8.27. The van der Waals surface area contributed by atoms with Crippen molar-refractivity contribution in [1.82, 2.24) is 10.1 Å². The van der Waals surface area contributed by atoms with Gasteiger partial charge in [-0.25, -0.2) is 0 Å². The lowest BCUT2D eigenvalue weighted by Gasteiger charge is -2.43. The number of carbonyl (C=O) groups excluding carboxylic acids is 1. The number of hydrogen-bond acceptors (Lipinski definition) is 4. The van der Waals surface area contributed by atoms with Crippen LogP contribution in [-0.4, -0.2) is 41.3 Å². The third-order valence-corrected chi connectivity index (χ3v) is 4.78. The van der Waals surface area contributed by atoms with Crippen LogP contribution in [0.15, 0.2) is 40.9 Å². The monoisotopic (exact) mass is 312 g/mol. The summed E-state index contributed by atoms with van der Waals surface area (Å²) in [5.41, 5.74) is 1.31. The molecule has 1 saturated heterocycles. The second-order valence-electron chi connectivity index (χ2n) is 6.20. The van der Waals surface area contributed by atoms with E-state index in [1.807, 2.05) is 35.2 Å². The number of nitrogens with zero attached hydrogens (tertiary/aromatic N) is 2. The first kappa shape index (κ1) is 14.5. The van der Waals surface area contributed by atoms with Crippen molar-refractivity contribution in [2.24, 2.45) is 0 Å². The molecule has 1 aromatic heterocycles. The van der Waals surface area contributed by atoms with Crippen molar-refractivity contribution in [1.29, 1.82) is 0 Å². The maximum Gasteiger partial charge on any atom is 0.276 e. The van der Waals surface area contributed by atoms with Gasteiger partial charge in [-0.1, -0.05) is 48.3 Å². The van der Waals surface area contributed by atoms with Gasteiger partial charge in [0.05, 0.1) is 18.8 Å². The molecule has 0 radical (unpaired) electrons. The Morgan fingerprint density at radius 3 is 2.87 bits per heavy atom. The van der Waals surface area contributed by atoms with E-state index in [-0.39, 0.29) is 18.1 Å². The number of aromatic nitrogens is 1. The van der Waals surface area contributed by atoms with Crippen molar-refractivity contribution in [3.8, 4) is 11.3 Å². The van der Waals surface area contributed by atoms with Gasteiger partial charge in [-0.3, -0.25) is 4.79 Å². The fraction of sp³-hybridized carbons (Fsp3) is 0.444. The number of rotatable bonds is 2. The Morgan fingerprint density at radius 1 is 1.17 bits per heavy atom. The highest BCUT2D eigenvalue weighted by molar-refractivity contribution is 5.93. The molecule has 5 nitrogen and oxygen atoms in total. The molecule has 0 N–H and O–H groups in total. The van der Waals surface area contributed by atoms with E-state index < -0.39 is 0 Å². The van der Waals surface area contributed by atoms with Crippen LogP contribution in [0.3, 0.4) is 0 Å². The molecular weight excluding hydrogens is 292 g/mol. The van der Waals surface area contributed by atoms with Crippen molar-refractivity contribution in [3.63, 3.8) is 0 Å². The molecule has 4 rings (SSSR count). The summed E-state index contributed by atoms with van der Waals surface area (Å²) in [6, 6.07) is 11.6. The molecule has 1 aliphatic carbocycles. The topological polar surface area (TPSA) is 55.6 Å². The number of morpholine rings is 1. The SMILES string of the molecule is O=C(c1cc(-c2ccccc2)on1)N1CCO[C@H]2CCCC[C@H]21. The lowest BCUT2D eigenvalue weighted by Crippen LogP contribution is -2.54. The smallest absolute Gasteiger partial charge is 0.276 e. The summed E-state index contributed by atoms with van der Waals surface area (Å²) in [4.78, 5) is 14.8. The Morgan fingerprint density at radius 2 is 2.00 bits per heavy atom. The van der Waals surface area contributed by atoms with Gasteiger partial charge in [0.15, 0.2) is 11.5 Å². The molecule has 1 aliphatic heterocycles. The van der Waals surface area contributed by atoms with Crippen LogP contribution in [0.25, 0.3) is 11.3 Å². The molecule has 1 aromatic carbocycles. The molecule has 0 unspecified atom stereocenters. The van der Waals surface area contributed by atoms with Gasteiger partial charge < -0.3 is 14.2 Å². The number of fused-ring (bicyclic) bond motifs is 1. The lowest BCUT2D eigenvalue weighted by molar-refractivity contribution is -0.0755. The van der Waals surface area contributed by atoms with Gasteiger partial charge in [-0.15, -0.1) is 0 Å². The fourth-order valence-corrected chi connectivity index (χ4v) is 3.61. The largest absolute Gasteiger partial charge is 0.374 e. The second-order valence-corrected chi connectivity index (χ2v) is 6.20. The summed E-state index contributed by atoms with van der Waals surface area (Å²) >= 11 is 0. The van der Waals surface area contributed by atoms with Crippen LogP contribution < -0.4 is 0 Å². The minimum absolute atomic E-state index is 0.0452. The Bertz CT molecular complexity index is 681. The molecule has 5 heteroatoms. The average Bonchev–Trinajstić information content (AvgIpc) is 3.11. The molecule has 2 heterocycles. The Kier molecular flexibility index (Phi) is 3.87. The quantitative estimate of drug-likeness (QED) is 0.855. The van der Waals surface area contributed by atoms with Crippen LogP contribution in [0.1, 0.15) is 36.2 Å². The number of amides is 1. The molecule has 0 bridgehead atoms. The summed E-state index contributed by atoms with van der Waals surface area (Å²) < 4.78 is 11.2. The minimum Gasteiger partial charge on any atom is -0.374 e. The Hall–Kier alpha value is -2.14. The third kappa shape index (κ3) is 2.77. The normalized spacial score (nSPS) is 24.3. The molecule has 120 valence electrons. The van der Waals surface area contributed by atoms with E-state index in [1.165, 1.54) is 6.42 Å². The fourth-order valence-electron chi connectivity index (χ4n) is 3.61. The Balaban J connectivity index is 1.56. The maximum absolute atomic E-state index is 12.8. The maximum atomic E-state index is 12.8. The van der Waals surface area contributed by atoms with Gasteiger partial charge in [-0.05, 0) is 12.8 Å². The zero-order chi connectivity index (χ0) is 15.6. The van der Waals surface area contributed by atoms with E-state index >= 15 is 0 Å². The average molecular weight is 312 g/mol. The van der Waals surface area contributed by atoms with Crippen LogP contribution in [0.5, 0.6) is 0 Å². The van der Waals surface area contributed by atoms with Gasteiger partial charge in [0.25, 0.3) is 5.91 Å². The molecule has 1 saturated carbocycles. The zero-order valence-corrected chi connectivity index (χ0v) is 13.0. The van der Waals surface area contributed by atoms with Crippen molar-refractivity contribution < 1.29 is 14.1 Å². The van der Waals surface area contributed by atoms with Gasteiger partial charge in [0, 0.05) is 18.2 Å². The van der Waals surface area contributed by atoms with Crippen molar-refractivity contribution in [2.45, 2.75) is 37.8 Å². The summed E-state index contributed by atoms with van der Waals surface area (Å²) in [6.07, 6.45) is 4.58. The molecular formula is C18H20N2O3. The van der Waals surface area contributed by atoms with E-state index in [0.717, 1.165) is 24.8 Å². The van der Waals surface area contributed by atoms with Crippen molar-refractivity contribution >= 4 is 5.91 Å². The summed E-state index contributed by atoms with van der Waals surface area (Å²) in [5, 5.41) is 4.00. The molecule has 2 fully saturated rings. The predicted molar refractivity (Wildman–Crippen MR) is 85.0 cm³/mol. The number of ether oxygens (including phenoxy) is 1. The van der Waals surface area contributed by atoms with Crippen LogP contribution in [-0.2, 0) is 4.74 Å². The summed E-state index contributed by atoms with van der Waals surface area (Å²) in [6.45, 7) is 1.24. The zero-order valence-electron chi connectivity index (χ0n) is 13.0. The minimum atomic E-state index is -0.0452. The molecule has 2 aromatic rings. The van der Waals surface area contributed by atoms with E-state index in [2.05, 4.69) is 5.16 Å². The predicted octanol–water partition coefficient (Wildman–Crippen LogP) is 3.13. The van der Waals surface area contributed by atoms with E-state index in [9.17, 15) is 4.79 Å². The van der Waals surface area contributed by atoms with Crippen molar-refractivity contribution in [3.05, 3.63) is 42.1 Å². The molecule has 0 spiro atoms. The van der Waals surface area contributed by atoms with Crippen molar-refractivity contribution in [2.75, 3.05) is 13.2 Å². The Labute approximate surface area is 135 Å². The van der Waals surface area contributed by atoms with E-state index in [4.69, 9.17) is 9.26 Å². The highest BCUT2D eigenvalue weighted by Crippen LogP contribution is 2.30. The summed E-state index contributed by atoms with van der Waals surface area (Å²) in [7, 11) is 0. The van der Waals surface area contributed by atoms with Crippen LogP contribution in [0.2, 0.25) is 0 Å². The van der Waals surface area contributed by atoms with Crippen LogP contribution >= 0.6 is 0 Å². The van der Waals surface area contributed by atoms with Crippen LogP contribution in [0.4, 0.5) is 0 Å². The van der Waals surface area contributed by atoms with Gasteiger partial charge in [0.2, 0.25) is 0 Å². The highest BCUT2D eigenvalue weighted by atomic mass is 16.5. The van der Waals surface area contributed by atoms with Crippen LogP contribution in [0, 0.1) is 0 Å². The first-order chi connectivity index (χ1) is 11.3. The number of benzene rings is 1. The highest BCUT2D eigenvalue weighted by Gasteiger charge is 2.37. The molecule has 2 aliphatic rings. The van der Waals surface area contributed by atoms with E-state index in [0.29, 0.717) is 24.6 Å². The second kappa shape index (κ2) is 6.16. The first-order valence-electron chi connectivity index (χ1n) is 8.27. The van der Waals surface area contributed by atoms with Gasteiger partial charge >= 0.3 is 0 Å². The summed E-state index contributed by atoms with van der Waals surface area (Å²) in [5.74, 6) is 0.582. The molecule has 2 atom stereocenters. The van der Waals surface area contributed by atoms with Gasteiger partial charge in [0.1, 0.15) is 0 Å². The van der Waals surface area contributed by atoms with E-state index in [1.54, 1.807) is 6.07 Å². The third-order valence-electron chi connectivity index (χ3n) is 4.78. The number of carbonyl (C=O) groups is 1. The van der Waals surface area contributed by atoms with Gasteiger partial charge in [-0.2, -0.15) is 0 Å². The standard InChI is InChI=1S/C18H20N2O3/c21-18(20-10-11-22-16-9-5-4-8-15(16)20)14-12-17(23-19-14)13-6-2-1-3-7-13/h1-3,6-7,12,15-16H,4-5,8-11H2/t15-,16+/m1/s1. The number of hydrogen-bond donors (Lipinski definition) is 0. The molecule has 1 amide bonds. The molecule has 23 heavy (non-hydrogen) atoms.